The van der Waals surface area contributed by atoms with Gasteiger partial charge in [0.05, 0.1) is 12.2 Å². The standard InChI is InChI=1S/C32H38N8O2/c1-4-15-39-29(41)25-21-33-30(34-23-8-10-24(11-9-23)38-18-16-37(3)17-19-38)36-28(25)40(39)26-12-7-22-20-31(13-6-14-31)32(42,5-2)27(22)35-26/h4,7-12,21,42H,1,5-6,13-20H2,2-3H3,(H,33,34,36). The second-order valence-electron chi connectivity index (χ2n) is 12.1. The van der Waals surface area contributed by atoms with Crippen LogP contribution >= 0.6 is 0 Å². The lowest BCUT2D eigenvalue weighted by atomic mass is 9.59. The molecule has 2 fully saturated rings. The van der Waals surface area contributed by atoms with Gasteiger partial charge in [-0.15, -0.1) is 6.58 Å². The number of likely N-dealkylation sites (N-methyl/N-ethyl adjacent to an activating group) is 1. The van der Waals surface area contributed by atoms with Crippen molar-refractivity contribution in [3.63, 3.8) is 0 Å². The van der Waals surface area contributed by atoms with Crippen LogP contribution in [0.2, 0.25) is 0 Å². The first-order valence-corrected chi connectivity index (χ1v) is 15.0. The van der Waals surface area contributed by atoms with Crippen molar-refractivity contribution in [2.24, 2.45) is 5.41 Å². The summed E-state index contributed by atoms with van der Waals surface area (Å²) in [5.74, 6) is 0.936. The van der Waals surface area contributed by atoms with Gasteiger partial charge < -0.3 is 20.2 Å². The second-order valence-corrected chi connectivity index (χ2v) is 12.1. The van der Waals surface area contributed by atoms with E-state index in [9.17, 15) is 9.90 Å². The molecule has 218 valence electrons. The zero-order valence-electron chi connectivity index (χ0n) is 24.4. The van der Waals surface area contributed by atoms with Crippen LogP contribution in [0.15, 0.2) is 60.0 Å². The molecule has 3 aliphatic rings. The van der Waals surface area contributed by atoms with E-state index in [-0.39, 0.29) is 17.5 Å². The predicted molar refractivity (Wildman–Crippen MR) is 165 cm³/mol. The van der Waals surface area contributed by atoms with E-state index in [1.54, 1.807) is 21.6 Å². The fourth-order valence-electron chi connectivity index (χ4n) is 7.15. The number of anilines is 3. The van der Waals surface area contributed by atoms with E-state index in [1.807, 2.05) is 25.1 Å². The molecule has 42 heavy (non-hydrogen) atoms. The highest BCUT2D eigenvalue weighted by molar-refractivity contribution is 5.77. The number of aromatic nitrogens is 5. The van der Waals surface area contributed by atoms with Gasteiger partial charge in [-0.2, -0.15) is 4.98 Å². The Bertz CT molecular complexity index is 1710. The average Bonchev–Trinajstić information content (AvgIpc) is 3.42. The van der Waals surface area contributed by atoms with Gasteiger partial charge in [0.2, 0.25) is 5.95 Å². The van der Waals surface area contributed by atoms with Crippen molar-refractivity contribution in [1.82, 2.24) is 29.2 Å². The van der Waals surface area contributed by atoms with E-state index in [1.165, 1.54) is 5.69 Å². The summed E-state index contributed by atoms with van der Waals surface area (Å²) >= 11 is 0. The topological polar surface area (TPSA) is 104 Å². The molecule has 1 spiro atoms. The zero-order chi connectivity index (χ0) is 29.1. The summed E-state index contributed by atoms with van der Waals surface area (Å²) in [4.78, 5) is 32.5. The highest BCUT2D eigenvalue weighted by Gasteiger charge is 2.59. The van der Waals surface area contributed by atoms with E-state index in [2.05, 4.69) is 51.9 Å². The lowest BCUT2D eigenvalue weighted by molar-refractivity contribution is -0.126. The largest absolute Gasteiger partial charge is 0.383 e. The zero-order valence-corrected chi connectivity index (χ0v) is 24.4. The molecule has 4 heterocycles. The molecule has 2 N–H and O–H groups in total. The molecule has 1 saturated carbocycles. The molecule has 1 aromatic carbocycles. The van der Waals surface area contributed by atoms with Crippen molar-refractivity contribution in [1.29, 1.82) is 0 Å². The van der Waals surface area contributed by atoms with Crippen molar-refractivity contribution in [3.8, 4) is 5.82 Å². The molecule has 1 aliphatic heterocycles. The van der Waals surface area contributed by atoms with Crippen LogP contribution in [0.4, 0.5) is 17.3 Å². The van der Waals surface area contributed by atoms with E-state index in [4.69, 9.17) is 9.97 Å². The number of rotatable bonds is 7. The van der Waals surface area contributed by atoms with E-state index >= 15 is 0 Å². The maximum atomic E-state index is 13.5. The highest BCUT2D eigenvalue weighted by atomic mass is 16.3. The van der Waals surface area contributed by atoms with Gasteiger partial charge in [0, 0.05) is 49.2 Å². The first kappa shape index (κ1) is 26.9. The molecular weight excluding hydrogens is 528 g/mol. The number of aliphatic hydroxyl groups is 1. The molecule has 1 atom stereocenters. The number of nitrogens with one attached hydrogen (secondary N) is 1. The first-order valence-electron chi connectivity index (χ1n) is 15.0. The third-order valence-corrected chi connectivity index (χ3v) is 9.77. The lowest BCUT2D eigenvalue weighted by Gasteiger charge is -2.48. The fourth-order valence-corrected chi connectivity index (χ4v) is 7.15. The molecular formula is C32H38N8O2. The molecule has 0 radical (unpaired) electrons. The highest BCUT2D eigenvalue weighted by Crippen LogP contribution is 2.61. The first-order chi connectivity index (χ1) is 20.4. The van der Waals surface area contributed by atoms with E-state index in [0.29, 0.717) is 29.2 Å². The summed E-state index contributed by atoms with van der Waals surface area (Å²) in [6, 6.07) is 12.3. The molecule has 3 aromatic heterocycles. The van der Waals surface area contributed by atoms with Gasteiger partial charge >= 0.3 is 0 Å². The minimum Gasteiger partial charge on any atom is -0.383 e. The van der Waals surface area contributed by atoms with Crippen LogP contribution < -0.4 is 15.8 Å². The Morgan fingerprint density at radius 3 is 2.50 bits per heavy atom. The number of allylic oxidation sites excluding steroid dienone is 1. The van der Waals surface area contributed by atoms with Crippen LogP contribution in [-0.4, -0.2) is 67.5 Å². The summed E-state index contributed by atoms with van der Waals surface area (Å²) in [7, 11) is 2.15. The summed E-state index contributed by atoms with van der Waals surface area (Å²) in [6.07, 6.45) is 7.85. The van der Waals surface area contributed by atoms with Gasteiger partial charge in [-0.05, 0) is 68.6 Å². The number of benzene rings is 1. The third kappa shape index (κ3) is 4.07. The Hall–Kier alpha value is -4.02. The van der Waals surface area contributed by atoms with E-state index in [0.717, 1.165) is 68.8 Å². The van der Waals surface area contributed by atoms with Crippen molar-refractivity contribution >= 4 is 28.4 Å². The van der Waals surface area contributed by atoms with Gasteiger partial charge in [-0.3, -0.25) is 4.79 Å². The molecule has 0 amide bonds. The maximum absolute atomic E-state index is 13.5. The van der Waals surface area contributed by atoms with Crippen molar-refractivity contribution in [2.75, 3.05) is 43.4 Å². The minimum atomic E-state index is -0.971. The van der Waals surface area contributed by atoms with Crippen LogP contribution in [0.5, 0.6) is 0 Å². The molecule has 4 aromatic rings. The number of pyridine rings is 1. The Kier molecular flexibility index (Phi) is 6.43. The van der Waals surface area contributed by atoms with E-state index < -0.39 is 5.60 Å². The van der Waals surface area contributed by atoms with Gasteiger partial charge in [0.1, 0.15) is 11.0 Å². The predicted octanol–water partition coefficient (Wildman–Crippen LogP) is 3.98. The van der Waals surface area contributed by atoms with Crippen LogP contribution in [0.3, 0.4) is 0 Å². The summed E-state index contributed by atoms with van der Waals surface area (Å²) in [5, 5.41) is 15.6. The van der Waals surface area contributed by atoms with Gasteiger partial charge in [0.15, 0.2) is 11.5 Å². The quantitative estimate of drug-likeness (QED) is 0.324. The second kappa shape index (κ2) is 10.1. The molecule has 10 heteroatoms. The van der Waals surface area contributed by atoms with Crippen LogP contribution in [-0.2, 0) is 18.6 Å². The monoisotopic (exact) mass is 566 g/mol. The normalized spacial score (nSPS) is 21.5. The molecule has 0 bridgehead atoms. The summed E-state index contributed by atoms with van der Waals surface area (Å²) < 4.78 is 3.32. The molecule has 1 unspecified atom stereocenters. The number of hydrogen-bond donors (Lipinski definition) is 2. The Labute approximate surface area is 245 Å². The van der Waals surface area contributed by atoms with Gasteiger partial charge in [-0.1, -0.05) is 25.5 Å². The minimum absolute atomic E-state index is 0.131. The number of piperazine rings is 1. The molecule has 7 rings (SSSR count). The smallest absolute Gasteiger partial charge is 0.278 e. The maximum Gasteiger partial charge on any atom is 0.278 e. The molecule has 10 nitrogen and oxygen atoms in total. The van der Waals surface area contributed by atoms with Gasteiger partial charge in [-0.25, -0.2) is 19.3 Å². The van der Waals surface area contributed by atoms with Gasteiger partial charge in [0.25, 0.3) is 5.56 Å². The van der Waals surface area contributed by atoms with Crippen molar-refractivity contribution in [3.05, 3.63) is 76.9 Å². The SMILES string of the molecule is C=CCn1c(=O)c2cnc(Nc3ccc(N4CCN(C)CC4)cc3)nc2n1-c1ccc2c(n1)C(O)(CC)C1(CCC1)C2. The molecule has 2 aliphatic carbocycles. The third-order valence-electron chi connectivity index (χ3n) is 9.77. The Morgan fingerprint density at radius 2 is 1.83 bits per heavy atom. The number of hydrogen-bond acceptors (Lipinski definition) is 8. The average molecular weight is 567 g/mol. The molecule has 1 saturated heterocycles. The van der Waals surface area contributed by atoms with Crippen molar-refractivity contribution < 1.29 is 5.11 Å². The summed E-state index contributed by atoms with van der Waals surface area (Å²) in [5.41, 5.74) is 3.02. The Balaban J connectivity index is 1.25. The number of fused-ring (bicyclic) bond motifs is 2. The number of nitrogens with zero attached hydrogens (tertiary/aromatic N) is 7. The lowest BCUT2D eigenvalue weighted by Crippen LogP contribution is -2.47. The van der Waals surface area contributed by atoms with Crippen LogP contribution in [0.1, 0.15) is 43.9 Å². The van der Waals surface area contributed by atoms with Crippen molar-refractivity contribution in [2.45, 2.75) is 51.2 Å². The Morgan fingerprint density at radius 1 is 1.07 bits per heavy atom. The fraction of sp³-hybridized carbons (Fsp3) is 0.438. The summed E-state index contributed by atoms with van der Waals surface area (Å²) in [6.45, 7) is 10.3. The van der Waals surface area contributed by atoms with Crippen LogP contribution in [0.25, 0.3) is 16.9 Å². The van der Waals surface area contributed by atoms with Crippen LogP contribution in [0, 0.1) is 5.41 Å².